The number of benzene rings is 1. The highest BCUT2D eigenvalue weighted by Gasteiger charge is 2.46. The zero-order chi connectivity index (χ0) is 18.0. The second-order valence-electron chi connectivity index (χ2n) is 6.57. The molecule has 1 aromatic rings. The van der Waals surface area contributed by atoms with E-state index in [2.05, 4.69) is 0 Å². The highest BCUT2D eigenvalue weighted by atomic mass is 35.5. The van der Waals surface area contributed by atoms with Crippen LogP contribution in [0, 0.1) is 5.92 Å². The third-order valence-electron chi connectivity index (χ3n) is 5.08. The first-order valence-electron chi connectivity index (χ1n) is 8.46. The molecule has 0 aliphatic carbocycles. The van der Waals surface area contributed by atoms with Gasteiger partial charge in [0.2, 0.25) is 10.0 Å². The predicted molar refractivity (Wildman–Crippen MR) is 96.2 cm³/mol. The molecule has 25 heavy (non-hydrogen) atoms. The Morgan fingerprint density at radius 2 is 1.92 bits per heavy atom. The Balaban J connectivity index is 1.68. The van der Waals surface area contributed by atoms with Crippen molar-refractivity contribution in [1.82, 2.24) is 9.21 Å². The second kappa shape index (κ2) is 7.61. The largest absolute Gasteiger partial charge is 0.383 e. The van der Waals surface area contributed by atoms with Gasteiger partial charge in [-0.2, -0.15) is 4.31 Å². The molecule has 2 aliphatic heterocycles. The van der Waals surface area contributed by atoms with Crippen LogP contribution < -0.4 is 0 Å². The van der Waals surface area contributed by atoms with Crippen molar-refractivity contribution in [2.75, 3.05) is 39.9 Å². The lowest BCUT2D eigenvalue weighted by Gasteiger charge is -2.22. The lowest BCUT2D eigenvalue weighted by Crippen LogP contribution is -2.35. The number of ether oxygens (including phenoxy) is 1. The number of likely N-dealkylation sites (tertiary alicyclic amines) is 1. The molecule has 1 amide bonds. The smallest absolute Gasteiger partial charge is 0.253 e. The molecular weight excluding hydrogens is 364 g/mol. The summed E-state index contributed by atoms with van der Waals surface area (Å²) in [7, 11) is -1.73. The second-order valence-corrected chi connectivity index (χ2v) is 9.16. The van der Waals surface area contributed by atoms with Gasteiger partial charge in [0.05, 0.1) is 11.9 Å². The van der Waals surface area contributed by atoms with Gasteiger partial charge >= 0.3 is 0 Å². The number of methoxy groups -OCH3 is 1. The summed E-state index contributed by atoms with van der Waals surface area (Å²) in [6.07, 6.45) is 1.18. The Hall–Kier alpha value is -1.15. The summed E-state index contributed by atoms with van der Waals surface area (Å²) in [4.78, 5) is 14.4. The SMILES string of the molecule is COCCN1C[C@@H]2CCN(C(=O)c3ccc(Cl)cc3)CC[C@@H]2S1(=O)=O. The third kappa shape index (κ3) is 3.84. The van der Waals surface area contributed by atoms with Crippen molar-refractivity contribution < 1.29 is 17.9 Å². The van der Waals surface area contributed by atoms with Crippen LogP contribution in [0.1, 0.15) is 23.2 Å². The minimum atomic E-state index is -3.31. The van der Waals surface area contributed by atoms with Crippen LogP contribution in [-0.2, 0) is 14.8 Å². The molecule has 0 N–H and O–H groups in total. The number of fused-ring (bicyclic) bond motifs is 1. The first kappa shape index (κ1) is 18.6. The monoisotopic (exact) mass is 386 g/mol. The number of carbonyl (C=O) groups is 1. The molecule has 8 heteroatoms. The van der Waals surface area contributed by atoms with Crippen molar-refractivity contribution >= 4 is 27.5 Å². The number of amides is 1. The molecule has 0 radical (unpaired) electrons. The van der Waals surface area contributed by atoms with E-state index >= 15 is 0 Å². The van der Waals surface area contributed by atoms with Gasteiger partial charge in [-0.05, 0) is 43.0 Å². The topological polar surface area (TPSA) is 66.9 Å². The molecule has 6 nitrogen and oxygen atoms in total. The maximum absolute atomic E-state index is 12.7. The van der Waals surface area contributed by atoms with Gasteiger partial charge in [-0.3, -0.25) is 4.79 Å². The Labute approximate surface area is 153 Å². The average molecular weight is 387 g/mol. The zero-order valence-electron chi connectivity index (χ0n) is 14.2. The summed E-state index contributed by atoms with van der Waals surface area (Å²) >= 11 is 5.87. The van der Waals surface area contributed by atoms with E-state index in [0.717, 1.165) is 0 Å². The van der Waals surface area contributed by atoms with Crippen molar-refractivity contribution in [3.63, 3.8) is 0 Å². The number of nitrogens with zero attached hydrogens (tertiary/aromatic N) is 2. The molecule has 138 valence electrons. The van der Waals surface area contributed by atoms with Gasteiger partial charge in [0.15, 0.2) is 0 Å². The van der Waals surface area contributed by atoms with Gasteiger partial charge in [0.1, 0.15) is 0 Å². The van der Waals surface area contributed by atoms with Crippen molar-refractivity contribution in [2.45, 2.75) is 18.1 Å². The summed E-state index contributed by atoms with van der Waals surface area (Å²) in [5, 5.41) is 0.191. The maximum Gasteiger partial charge on any atom is 0.253 e. The molecule has 2 aliphatic rings. The van der Waals surface area contributed by atoms with Crippen molar-refractivity contribution in [1.29, 1.82) is 0 Å². The number of halogens is 1. The Morgan fingerprint density at radius 1 is 1.24 bits per heavy atom. The number of hydrogen-bond donors (Lipinski definition) is 0. The molecule has 0 unspecified atom stereocenters. The van der Waals surface area contributed by atoms with E-state index in [1.54, 1.807) is 40.6 Å². The molecule has 2 fully saturated rings. The average Bonchev–Trinajstić information content (AvgIpc) is 2.74. The summed E-state index contributed by atoms with van der Waals surface area (Å²) in [5.41, 5.74) is 0.584. The van der Waals surface area contributed by atoms with Crippen LogP contribution in [0.2, 0.25) is 5.02 Å². The Kier molecular flexibility index (Phi) is 5.68. The predicted octanol–water partition coefficient (Wildman–Crippen LogP) is 1.85. The molecule has 2 atom stereocenters. The standard InChI is InChI=1S/C17H23ClN2O4S/c1-24-11-10-20-12-14-6-8-19(9-7-16(14)25(20,22)23)17(21)13-2-4-15(18)5-3-13/h2-5,14,16H,6-12H2,1H3/t14-,16-/m0/s1. The van der Waals surface area contributed by atoms with E-state index in [9.17, 15) is 13.2 Å². The van der Waals surface area contributed by atoms with E-state index < -0.39 is 15.3 Å². The first-order chi connectivity index (χ1) is 11.9. The molecule has 2 saturated heterocycles. The van der Waals surface area contributed by atoms with Crippen molar-refractivity contribution in [2.24, 2.45) is 5.92 Å². The van der Waals surface area contributed by atoms with Crippen molar-refractivity contribution in [3.8, 4) is 0 Å². The number of rotatable bonds is 4. The van der Waals surface area contributed by atoms with E-state index in [0.29, 0.717) is 56.2 Å². The van der Waals surface area contributed by atoms with Gasteiger partial charge in [-0.25, -0.2) is 8.42 Å². The summed E-state index contributed by atoms with van der Waals surface area (Å²) in [6.45, 7) is 2.37. The van der Waals surface area contributed by atoms with Crippen LogP contribution in [0.3, 0.4) is 0 Å². The molecule has 0 saturated carbocycles. The van der Waals surface area contributed by atoms with E-state index in [1.165, 1.54) is 0 Å². The Morgan fingerprint density at radius 3 is 2.60 bits per heavy atom. The third-order valence-corrected chi connectivity index (χ3v) is 7.77. The molecular formula is C17H23ClN2O4S. The molecule has 0 spiro atoms. The van der Waals surface area contributed by atoms with Crippen LogP contribution in [0.25, 0.3) is 0 Å². The quantitative estimate of drug-likeness (QED) is 0.792. The van der Waals surface area contributed by atoms with Gasteiger partial charge in [-0.15, -0.1) is 0 Å². The number of carbonyl (C=O) groups excluding carboxylic acids is 1. The van der Waals surface area contributed by atoms with E-state index in [1.807, 2.05) is 0 Å². The van der Waals surface area contributed by atoms with Crippen LogP contribution >= 0.6 is 11.6 Å². The number of sulfonamides is 1. The van der Waals surface area contributed by atoms with Gasteiger partial charge in [0.25, 0.3) is 5.91 Å². The lowest BCUT2D eigenvalue weighted by atomic mass is 10.0. The fourth-order valence-electron chi connectivity index (χ4n) is 3.69. The van der Waals surface area contributed by atoms with Gasteiger partial charge in [0, 0.05) is 43.9 Å². The molecule has 2 heterocycles. The van der Waals surface area contributed by atoms with E-state index in [-0.39, 0.29) is 11.8 Å². The Bertz CT molecular complexity index is 723. The summed E-state index contributed by atoms with van der Waals surface area (Å²) in [6, 6.07) is 6.80. The van der Waals surface area contributed by atoms with Crippen LogP contribution in [0.4, 0.5) is 0 Å². The molecule has 3 rings (SSSR count). The fourth-order valence-corrected chi connectivity index (χ4v) is 6.03. The summed E-state index contributed by atoms with van der Waals surface area (Å²) in [5.74, 6) is 0.00940. The van der Waals surface area contributed by atoms with Crippen molar-refractivity contribution in [3.05, 3.63) is 34.9 Å². The maximum atomic E-state index is 12.7. The lowest BCUT2D eigenvalue weighted by molar-refractivity contribution is 0.0759. The van der Waals surface area contributed by atoms with Crippen LogP contribution in [0.5, 0.6) is 0 Å². The molecule has 0 aromatic heterocycles. The summed E-state index contributed by atoms with van der Waals surface area (Å²) < 4.78 is 32.0. The fraction of sp³-hybridized carbons (Fsp3) is 0.588. The van der Waals surface area contributed by atoms with Gasteiger partial charge in [-0.1, -0.05) is 11.6 Å². The van der Waals surface area contributed by atoms with Gasteiger partial charge < -0.3 is 9.64 Å². The first-order valence-corrected chi connectivity index (χ1v) is 10.3. The highest BCUT2D eigenvalue weighted by Crippen LogP contribution is 2.34. The van der Waals surface area contributed by atoms with Crippen LogP contribution in [-0.4, -0.2) is 68.7 Å². The normalized spacial score (nSPS) is 26.2. The minimum absolute atomic E-state index is 0.0646. The molecule has 1 aromatic carbocycles. The number of hydrogen-bond acceptors (Lipinski definition) is 4. The molecule has 0 bridgehead atoms. The minimum Gasteiger partial charge on any atom is -0.383 e. The van der Waals surface area contributed by atoms with Crippen LogP contribution in [0.15, 0.2) is 24.3 Å². The van der Waals surface area contributed by atoms with E-state index in [4.69, 9.17) is 16.3 Å². The zero-order valence-corrected chi connectivity index (χ0v) is 15.8. The highest BCUT2D eigenvalue weighted by molar-refractivity contribution is 7.90.